The molecule has 0 aliphatic heterocycles. The summed E-state index contributed by atoms with van der Waals surface area (Å²) in [5, 5.41) is 1.24. The van der Waals surface area contributed by atoms with Gasteiger partial charge in [-0.05, 0) is 48.4 Å². The summed E-state index contributed by atoms with van der Waals surface area (Å²) in [5.74, 6) is 0. The molecule has 0 saturated heterocycles. The molecule has 2 nitrogen and oxygen atoms in total. The molecule has 1 aromatic heterocycles. The van der Waals surface area contributed by atoms with E-state index in [1.54, 1.807) is 11.3 Å². The highest BCUT2D eigenvalue weighted by atomic mass is 127. The number of halogens is 1. The molecular formula is C7H11IN2S. The lowest BCUT2D eigenvalue weighted by atomic mass is 10.2. The molecule has 0 saturated carbocycles. The Labute approximate surface area is 84.4 Å². The molecule has 0 spiro atoms. The van der Waals surface area contributed by atoms with Crippen LogP contribution in [0.3, 0.4) is 0 Å². The molecule has 62 valence electrons. The van der Waals surface area contributed by atoms with Crippen LogP contribution < -0.4 is 5.73 Å². The van der Waals surface area contributed by atoms with E-state index in [1.807, 2.05) is 6.20 Å². The molecule has 0 amide bonds. The number of rotatable bonds is 4. The molecule has 0 unspecified atom stereocenters. The van der Waals surface area contributed by atoms with Gasteiger partial charge in [0.15, 0.2) is 0 Å². The normalized spacial score (nSPS) is 10.4. The minimum absolute atomic E-state index is 0.794. The summed E-state index contributed by atoms with van der Waals surface area (Å²) < 4.78 is 1.27. The molecule has 0 aromatic carbocycles. The van der Waals surface area contributed by atoms with Crippen LogP contribution in [0.15, 0.2) is 6.20 Å². The van der Waals surface area contributed by atoms with Gasteiger partial charge in [0.2, 0.25) is 0 Å². The van der Waals surface area contributed by atoms with Crippen LogP contribution in [0.2, 0.25) is 0 Å². The Balaban J connectivity index is 2.27. The van der Waals surface area contributed by atoms with Crippen molar-refractivity contribution in [3.8, 4) is 0 Å². The zero-order valence-electron chi connectivity index (χ0n) is 6.22. The molecule has 11 heavy (non-hydrogen) atoms. The average Bonchev–Trinajstić information content (AvgIpc) is 2.37. The largest absolute Gasteiger partial charge is 0.330 e. The molecule has 0 atom stereocenters. The zero-order valence-corrected chi connectivity index (χ0v) is 9.19. The SMILES string of the molecule is NCCCCc1ncc(I)s1. The number of nitrogens with two attached hydrogens (primary N) is 1. The minimum atomic E-state index is 0.794. The number of unbranched alkanes of at least 4 members (excludes halogenated alkanes) is 1. The highest BCUT2D eigenvalue weighted by molar-refractivity contribution is 14.1. The zero-order chi connectivity index (χ0) is 8.10. The molecule has 0 bridgehead atoms. The number of nitrogens with zero attached hydrogens (tertiary/aromatic N) is 1. The first-order valence-electron chi connectivity index (χ1n) is 3.63. The number of aromatic nitrogens is 1. The third-order valence-electron chi connectivity index (χ3n) is 1.37. The van der Waals surface area contributed by atoms with Crippen LogP contribution in [0.1, 0.15) is 17.8 Å². The molecule has 0 fully saturated rings. The van der Waals surface area contributed by atoms with Crippen LogP contribution in [0, 0.1) is 2.88 Å². The number of aryl methyl sites for hydroxylation is 1. The number of thiazole rings is 1. The highest BCUT2D eigenvalue weighted by Crippen LogP contribution is 2.16. The van der Waals surface area contributed by atoms with Crippen molar-refractivity contribution in [1.82, 2.24) is 4.98 Å². The van der Waals surface area contributed by atoms with E-state index < -0.39 is 0 Å². The number of hydrogen-bond donors (Lipinski definition) is 1. The lowest BCUT2D eigenvalue weighted by Crippen LogP contribution is -1.98. The first-order chi connectivity index (χ1) is 5.33. The maximum atomic E-state index is 5.38. The molecule has 0 aliphatic carbocycles. The van der Waals surface area contributed by atoms with E-state index in [0.717, 1.165) is 19.4 Å². The van der Waals surface area contributed by atoms with Gasteiger partial charge in [-0.25, -0.2) is 4.98 Å². The molecule has 4 heteroatoms. The van der Waals surface area contributed by atoms with Crippen LogP contribution >= 0.6 is 33.9 Å². The molecule has 0 aliphatic rings. The van der Waals surface area contributed by atoms with Crippen molar-refractivity contribution in [3.63, 3.8) is 0 Å². The maximum absolute atomic E-state index is 5.38. The predicted molar refractivity (Wildman–Crippen MR) is 56.8 cm³/mol. The summed E-state index contributed by atoms with van der Waals surface area (Å²) in [6.07, 6.45) is 5.28. The summed E-state index contributed by atoms with van der Waals surface area (Å²) >= 11 is 4.07. The summed E-state index contributed by atoms with van der Waals surface area (Å²) in [6.45, 7) is 0.794. The fourth-order valence-corrected chi connectivity index (χ4v) is 2.41. The van der Waals surface area contributed by atoms with Gasteiger partial charge >= 0.3 is 0 Å². The van der Waals surface area contributed by atoms with E-state index in [1.165, 1.54) is 14.3 Å². The quantitative estimate of drug-likeness (QED) is 0.678. The summed E-state index contributed by atoms with van der Waals surface area (Å²) in [4.78, 5) is 4.26. The second-order valence-electron chi connectivity index (χ2n) is 2.30. The fourth-order valence-electron chi connectivity index (χ4n) is 0.824. The van der Waals surface area contributed by atoms with Crippen molar-refractivity contribution < 1.29 is 0 Å². The van der Waals surface area contributed by atoms with Crippen LogP contribution in [0.4, 0.5) is 0 Å². The van der Waals surface area contributed by atoms with Crippen LogP contribution in [0.25, 0.3) is 0 Å². The summed E-state index contributed by atoms with van der Waals surface area (Å²) in [6, 6.07) is 0. The van der Waals surface area contributed by atoms with Crippen LogP contribution in [-0.4, -0.2) is 11.5 Å². The monoisotopic (exact) mass is 282 g/mol. The Kier molecular flexibility index (Phi) is 4.32. The Hall–Kier alpha value is 0.320. The molecule has 0 radical (unpaired) electrons. The van der Waals surface area contributed by atoms with E-state index in [2.05, 4.69) is 27.6 Å². The molecule has 1 rings (SSSR count). The van der Waals surface area contributed by atoms with Crippen molar-refractivity contribution in [2.24, 2.45) is 5.73 Å². The Morgan fingerprint density at radius 1 is 1.55 bits per heavy atom. The van der Waals surface area contributed by atoms with Gasteiger partial charge in [-0.3, -0.25) is 0 Å². The second kappa shape index (κ2) is 5.05. The minimum Gasteiger partial charge on any atom is -0.330 e. The van der Waals surface area contributed by atoms with E-state index >= 15 is 0 Å². The highest BCUT2D eigenvalue weighted by Gasteiger charge is 1.97. The van der Waals surface area contributed by atoms with Crippen LogP contribution in [0.5, 0.6) is 0 Å². The smallest absolute Gasteiger partial charge is 0.0936 e. The van der Waals surface area contributed by atoms with Crippen molar-refractivity contribution >= 4 is 33.9 Å². The van der Waals surface area contributed by atoms with Crippen molar-refractivity contribution in [2.75, 3.05) is 6.54 Å². The lowest BCUT2D eigenvalue weighted by Gasteiger charge is -1.92. The second-order valence-corrected chi connectivity index (χ2v) is 5.31. The third kappa shape index (κ3) is 3.48. The van der Waals surface area contributed by atoms with Gasteiger partial charge in [0, 0.05) is 0 Å². The van der Waals surface area contributed by atoms with Crippen LogP contribution in [-0.2, 0) is 6.42 Å². The Morgan fingerprint density at radius 3 is 2.91 bits per heavy atom. The van der Waals surface area contributed by atoms with Gasteiger partial charge in [-0.15, -0.1) is 11.3 Å². The van der Waals surface area contributed by atoms with E-state index in [9.17, 15) is 0 Å². The van der Waals surface area contributed by atoms with Gasteiger partial charge in [0.1, 0.15) is 0 Å². The Morgan fingerprint density at radius 2 is 2.36 bits per heavy atom. The summed E-state index contributed by atoms with van der Waals surface area (Å²) in [7, 11) is 0. The Bertz CT molecular complexity index is 212. The topological polar surface area (TPSA) is 38.9 Å². The first-order valence-corrected chi connectivity index (χ1v) is 5.52. The first kappa shape index (κ1) is 9.41. The van der Waals surface area contributed by atoms with Gasteiger partial charge < -0.3 is 5.73 Å². The van der Waals surface area contributed by atoms with Gasteiger partial charge in [-0.1, -0.05) is 0 Å². The molecule has 2 N–H and O–H groups in total. The summed E-state index contributed by atoms with van der Waals surface area (Å²) in [5.41, 5.74) is 5.38. The third-order valence-corrected chi connectivity index (χ3v) is 3.15. The van der Waals surface area contributed by atoms with E-state index in [-0.39, 0.29) is 0 Å². The molecule has 1 aromatic rings. The van der Waals surface area contributed by atoms with Crippen molar-refractivity contribution in [2.45, 2.75) is 19.3 Å². The van der Waals surface area contributed by atoms with Gasteiger partial charge in [0.05, 0.1) is 14.1 Å². The van der Waals surface area contributed by atoms with Crippen molar-refractivity contribution in [1.29, 1.82) is 0 Å². The lowest BCUT2D eigenvalue weighted by molar-refractivity contribution is 0.741. The van der Waals surface area contributed by atoms with Crippen molar-refractivity contribution in [3.05, 3.63) is 14.1 Å². The van der Waals surface area contributed by atoms with E-state index in [4.69, 9.17) is 5.73 Å². The predicted octanol–water partition coefficient (Wildman–Crippen LogP) is 2.03. The standard InChI is InChI=1S/C7H11IN2S/c8-6-5-10-7(11-6)3-1-2-4-9/h5H,1-4,9H2. The van der Waals surface area contributed by atoms with E-state index in [0.29, 0.717) is 0 Å². The average molecular weight is 282 g/mol. The molecule has 1 heterocycles. The fraction of sp³-hybridized carbons (Fsp3) is 0.571. The van der Waals surface area contributed by atoms with Gasteiger partial charge in [0.25, 0.3) is 0 Å². The maximum Gasteiger partial charge on any atom is 0.0936 e. The molecular weight excluding hydrogens is 271 g/mol. The van der Waals surface area contributed by atoms with Gasteiger partial charge in [-0.2, -0.15) is 0 Å². The number of hydrogen-bond acceptors (Lipinski definition) is 3.